The van der Waals surface area contributed by atoms with Crippen molar-refractivity contribution < 1.29 is 30.7 Å². The number of hydrogen-bond donors (Lipinski definition) is 2. The van der Waals surface area contributed by atoms with E-state index < -0.39 is 51.3 Å². The van der Waals surface area contributed by atoms with Gasteiger partial charge in [0.05, 0.1) is 23.0 Å². The minimum Gasteiger partial charge on any atom is -0.433 e. The molecule has 0 aliphatic rings. The Labute approximate surface area is 123 Å². The average Bonchev–Trinajstić information content (AvgIpc) is 2.38. The van der Waals surface area contributed by atoms with Gasteiger partial charge in [-0.2, -0.15) is 8.78 Å². The fourth-order valence-corrected chi connectivity index (χ4v) is 2.57. The molecule has 0 saturated heterocycles. The van der Waals surface area contributed by atoms with Crippen LogP contribution in [0.5, 0.6) is 5.75 Å². The van der Waals surface area contributed by atoms with Crippen molar-refractivity contribution in [1.82, 2.24) is 4.72 Å². The molecule has 0 heterocycles. The summed E-state index contributed by atoms with van der Waals surface area (Å²) >= 11 is 5.58. The summed E-state index contributed by atoms with van der Waals surface area (Å²) in [6.45, 7) is -5.36. The van der Waals surface area contributed by atoms with E-state index in [-0.39, 0.29) is 0 Å². The van der Waals surface area contributed by atoms with Gasteiger partial charge in [-0.15, -0.1) is 0 Å². The van der Waals surface area contributed by atoms with Crippen molar-refractivity contribution in [3.05, 3.63) is 23.2 Å². The van der Waals surface area contributed by atoms with Crippen LogP contribution >= 0.6 is 11.6 Å². The number of nitrogens with one attached hydrogen (secondary N) is 1. The highest BCUT2D eigenvalue weighted by Gasteiger charge is 2.29. The van der Waals surface area contributed by atoms with Crippen LogP contribution in [0.25, 0.3) is 0 Å². The molecule has 120 valence electrons. The average molecular weight is 351 g/mol. The van der Waals surface area contributed by atoms with Gasteiger partial charge < -0.3 is 10.5 Å². The highest BCUT2D eigenvalue weighted by Crippen LogP contribution is 2.28. The molecule has 5 nitrogen and oxygen atoms in total. The standard InChI is InChI=1S/C10H11ClF4N2O3S/c11-7-3-6(1-2-8(7)20-9(12)13)21(18,19)17-5-10(14,15)4-16/h1-3,9,17H,4-5,16H2. The summed E-state index contributed by atoms with van der Waals surface area (Å²) in [5.41, 5.74) is 4.77. The number of hydrogen-bond acceptors (Lipinski definition) is 4. The van der Waals surface area contributed by atoms with Crippen LogP contribution in [-0.4, -0.2) is 34.0 Å². The predicted octanol–water partition coefficient (Wildman–Crippen LogP) is 1.81. The van der Waals surface area contributed by atoms with Crippen molar-refractivity contribution in [3.8, 4) is 5.75 Å². The lowest BCUT2D eigenvalue weighted by atomic mass is 10.3. The van der Waals surface area contributed by atoms with Gasteiger partial charge in [0.2, 0.25) is 10.0 Å². The smallest absolute Gasteiger partial charge is 0.387 e. The molecule has 0 aromatic heterocycles. The molecular formula is C10H11ClF4N2O3S. The summed E-state index contributed by atoms with van der Waals surface area (Å²) in [4.78, 5) is -0.470. The first-order chi connectivity index (χ1) is 9.57. The van der Waals surface area contributed by atoms with Gasteiger partial charge in [-0.25, -0.2) is 21.9 Å². The van der Waals surface area contributed by atoms with E-state index in [0.717, 1.165) is 18.2 Å². The normalized spacial score (nSPS) is 12.7. The van der Waals surface area contributed by atoms with Crippen LogP contribution < -0.4 is 15.2 Å². The molecule has 0 radical (unpaired) electrons. The molecule has 1 aromatic carbocycles. The van der Waals surface area contributed by atoms with Crippen LogP contribution in [0.1, 0.15) is 0 Å². The largest absolute Gasteiger partial charge is 0.433 e. The summed E-state index contributed by atoms with van der Waals surface area (Å²) in [6, 6.07) is 2.60. The van der Waals surface area contributed by atoms with E-state index in [1.807, 2.05) is 0 Å². The summed E-state index contributed by atoms with van der Waals surface area (Å²) in [7, 11) is -4.28. The minimum atomic E-state index is -4.28. The van der Waals surface area contributed by atoms with Crippen LogP contribution in [0.15, 0.2) is 23.1 Å². The Kier molecular flexibility index (Phi) is 5.79. The highest BCUT2D eigenvalue weighted by molar-refractivity contribution is 7.89. The Balaban J connectivity index is 2.92. The first kappa shape index (κ1) is 18.0. The van der Waals surface area contributed by atoms with Gasteiger partial charge in [0, 0.05) is 0 Å². The van der Waals surface area contributed by atoms with E-state index in [9.17, 15) is 26.0 Å². The van der Waals surface area contributed by atoms with E-state index in [1.54, 1.807) is 4.72 Å². The number of alkyl halides is 4. The topological polar surface area (TPSA) is 81.4 Å². The van der Waals surface area contributed by atoms with Crippen molar-refractivity contribution in [2.45, 2.75) is 17.4 Å². The second kappa shape index (κ2) is 6.77. The van der Waals surface area contributed by atoms with Gasteiger partial charge in [0.1, 0.15) is 5.75 Å². The molecule has 0 spiro atoms. The fourth-order valence-electron chi connectivity index (χ4n) is 1.20. The van der Waals surface area contributed by atoms with Gasteiger partial charge in [0.15, 0.2) is 0 Å². The Morgan fingerprint density at radius 3 is 2.48 bits per heavy atom. The maximum absolute atomic E-state index is 12.9. The molecule has 0 aliphatic heterocycles. The van der Waals surface area contributed by atoms with Crippen molar-refractivity contribution in [2.75, 3.05) is 13.1 Å². The second-order valence-corrected chi connectivity index (χ2v) is 6.03. The van der Waals surface area contributed by atoms with Gasteiger partial charge >= 0.3 is 6.61 Å². The number of rotatable bonds is 7. The molecule has 0 amide bonds. The lowest BCUT2D eigenvalue weighted by molar-refractivity contribution is -0.0498. The van der Waals surface area contributed by atoms with E-state index >= 15 is 0 Å². The first-order valence-corrected chi connectivity index (χ1v) is 7.25. The second-order valence-electron chi connectivity index (χ2n) is 3.86. The highest BCUT2D eigenvalue weighted by atomic mass is 35.5. The molecule has 0 saturated carbocycles. The number of ether oxygens (including phenoxy) is 1. The van der Waals surface area contributed by atoms with Crippen LogP contribution in [0.3, 0.4) is 0 Å². The zero-order valence-electron chi connectivity index (χ0n) is 10.3. The fraction of sp³-hybridized carbons (Fsp3) is 0.400. The van der Waals surface area contributed by atoms with Crippen molar-refractivity contribution in [2.24, 2.45) is 5.73 Å². The molecular weight excluding hydrogens is 340 g/mol. The molecule has 0 aliphatic carbocycles. The third-order valence-electron chi connectivity index (χ3n) is 2.25. The molecule has 3 N–H and O–H groups in total. The number of halogens is 5. The van der Waals surface area contributed by atoms with E-state index in [2.05, 4.69) is 4.74 Å². The molecule has 0 bridgehead atoms. The molecule has 0 unspecified atom stereocenters. The zero-order chi connectivity index (χ0) is 16.3. The molecule has 0 fully saturated rings. The summed E-state index contributed by atoms with van der Waals surface area (Å²) in [5, 5.41) is -0.399. The Morgan fingerprint density at radius 2 is 2.00 bits per heavy atom. The van der Waals surface area contributed by atoms with Gasteiger partial charge in [0.25, 0.3) is 5.92 Å². The molecule has 0 atom stereocenters. The maximum Gasteiger partial charge on any atom is 0.387 e. The lowest BCUT2D eigenvalue weighted by Crippen LogP contribution is -2.41. The Bertz CT molecular complexity index is 598. The summed E-state index contributed by atoms with van der Waals surface area (Å²) < 4.78 is 79.0. The third-order valence-corrected chi connectivity index (χ3v) is 3.94. The Morgan fingerprint density at radius 1 is 1.38 bits per heavy atom. The molecule has 21 heavy (non-hydrogen) atoms. The van der Waals surface area contributed by atoms with Crippen molar-refractivity contribution in [3.63, 3.8) is 0 Å². The van der Waals surface area contributed by atoms with Crippen LogP contribution in [-0.2, 0) is 10.0 Å². The molecule has 1 aromatic rings. The van der Waals surface area contributed by atoms with Gasteiger partial charge in [-0.3, -0.25) is 0 Å². The summed E-state index contributed by atoms with van der Waals surface area (Å²) in [5.74, 6) is -3.84. The molecule has 11 heteroatoms. The Hall–Kier alpha value is -1.10. The molecule has 1 rings (SSSR count). The first-order valence-electron chi connectivity index (χ1n) is 5.39. The van der Waals surface area contributed by atoms with E-state index in [1.165, 1.54) is 0 Å². The lowest BCUT2D eigenvalue weighted by Gasteiger charge is -2.15. The summed E-state index contributed by atoms with van der Waals surface area (Å²) in [6.07, 6.45) is 0. The maximum atomic E-state index is 12.9. The van der Waals surface area contributed by atoms with Gasteiger partial charge in [-0.1, -0.05) is 11.6 Å². The quantitative estimate of drug-likeness (QED) is 0.735. The zero-order valence-corrected chi connectivity index (χ0v) is 11.9. The van der Waals surface area contributed by atoms with Crippen molar-refractivity contribution >= 4 is 21.6 Å². The number of nitrogens with two attached hydrogens (primary N) is 1. The van der Waals surface area contributed by atoms with E-state index in [4.69, 9.17) is 17.3 Å². The van der Waals surface area contributed by atoms with Crippen molar-refractivity contribution in [1.29, 1.82) is 0 Å². The number of sulfonamides is 1. The predicted molar refractivity (Wildman–Crippen MR) is 67.3 cm³/mol. The third kappa shape index (κ3) is 5.30. The SMILES string of the molecule is NCC(F)(F)CNS(=O)(=O)c1ccc(OC(F)F)c(Cl)c1. The van der Waals surface area contributed by atoms with Crippen LogP contribution in [0, 0.1) is 0 Å². The van der Waals surface area contributed by atoms with Crippen LogP contribution in [0.4, 0.5) is 17.6 Å². The van der Waals surface area contributed by atoms with E-state index in [0.29, 0.717) is 0 Å². The monoisotopic (exact) mass is 350 g/mol. The number of benzene rings is 1. The van der Waals surface area contributed by atoms with Gasteiger partial charge in [-0.05, 0) is 18.2 Å². The van der Waals surface area contributed by atoms with Crippen LogP contribution in [0.2, 0.25) is 5.02 Å². The minimum absolute atomic E-state index is 0.399.